The summed E-state index contributed by atoms with van der Waals surface area (Å²) in [5.74, 6) is 0. The first-order valence-corrected chi connectivity index (χ1v) is 5.39. The van der Waals surface area contributed by atoms with E-state index in [0.29, 0.717) is 6.17 Å². The fourth-order valence-electron chi connectivity index (χ4n) is 1.44. The van der Waals surface area contributed by atoms with Crippen molar-refractivity contribution >= 4 is 0 Å². The molecular formula is C10H22N4. The van der Waals surface area contributed by atoms with Crippen molar-refractivity contribution in [2.75, 3.05) is 13.1 Å². The Balaban J connectivity index is 3.91. The highest BCUT2D eigenvalue weighted by atomic mass is 15.1. The molecule has 0 aromatic heterocycles. The second-order valence-electron chi connectivity index (χ2n) is 3.26. The van der Waals surface area contributed by atoms with E-state index in [1.807, 2.05) is 6.19 Å². The van der Waals surface area contributed by atoms with E-state index in [-0.39, 0.29) is 6.04 Å². The zero-order valence-corrected chi connectivity index (χ0v) is 9.43. The van der Waals surface area contributed by atoms with Crippen LogP contribution < -0.4 is 16.0 Å². The Hall–Kier alpha value is -0.790. The van der Waals surface area contributed by atoms with Gasteiger partial charge < -0.3 is 16.0 Å². The Morgan fingerprint density at radius 3 is 2.07 bits per heavy atom. The van der Waals surface area contributed by atoms with Gasteiger partial charge in [0.1, 0.15) is 0 Å². The van der Waals surface area contributed by atoms with Gasteiger partial charge in [0.15, 0.2) is 6.19 Å². The average Bonchev–Trinajstić information content (AvgIpc) is 2.18. The van der Waals surface area contributed by atoms with E-state index < -0.39 is 0 Å². The number of hydrogen-bond donors (Lipinski definition) is 3. The molecule has 0 heterocycles. The lowest BCUT2D eigenvalue weighted by molar-refractivity contribution is 0.366. The third-order valence-electron chi connectivity index (χ3n) is 2.18. The predicted octanol–water partition coefficient (Wildman–Crippen LogP) is 0.771. The van der Waals surface area contributed by atoms with Crippen molar-refractivity contribution in [2.45, 2.75) is 45.8 Å². The van der Waals surface area contributed by atoms with Gasteiger partial charge in [-0.05, 0) is 25.9 Å². The van der Waals surface area contributed by atoms with Crippen LogP contribution in [0.2, 0.25) is 0 Å². The molecule has 1 unspecified atom stereocenters. The quantitative estimate of drug-likeness (QED) is 0.306. The molecule has 0 spiro atoms. The van der Waals surface area contributed by atoms with E-state index >= 15 is 0 Å². The molecule has 4 nitrogen and oxygen atoms in total. The van der Waals surface area contributed by atoms with Crippen molar-refractivity contribution in [1.82, 2.24) is 16.0 Å². The second-order valence-corrected chi connectivity index (χ2v) is 3.26. The van der Waals surface area contributed by atoms with Gasteiger partial charge >= 0.3 is 0 Å². The van der Waals surface area contributed by atoms with Crippen molar-refractivity contribution in [3.8, 4) is 6.19 Å². The van der Waals surface area contributed by atoms with Crippen LogP contribution in [0.15, 0.2) is 0 Å². The third-order valence-corrected chi connectivity index (χ3v) is 2.18. The molecule has 0 aliphatic heterocycles. The molecule has 0 aromatic carbocycles. The highest BCUT2D eigenvalue weighted by Crippen LogP contribution is 2.00. The van der Waals surface area contributed by atoms with Crippen LogP contribution >= 0.6 is 0 Å². The molecular weight excluding hydrogens is 176 g/mol. The Labute approximate surface area is 87.1 Å². The fourth-order valence-corrected chi connectivity index (χ4v) is 1.44. The summed E-state index contributed by atoms with van der Waals surface area (Å²) in [7, 11) is 0. The zero-order valence-electron chi connectivity index (χ0n) is 9.43. The van der Waals surface area contributed by atoms with E-state index in [4.69, 9.17) is 5.26 Å². The van der Waals surface area contributed by atoms with Crippen LogP contribution in [0, 0.1) is 11.5 Å². The Kier molecular flexibility index (Phi) is 8.30. The largest absolute Gasteiger partial charge is 0.321 e. The fraction of sp³-hybridized carbons (Fsp3) is 0.900. The first-order valence-electron chi connectivity index (χ1n) is 5.39. The Morgan fingerprint density at radius 1 is 1.14 bits per heavy atom. The SMILES string of the molecule is CCNC(CC(CC)NC#N)NCC. The van der Waals surface area contributed by atoms with Crippen molar-refractivity contribution < 1.29 is 0 Å². The van der Waals surface area contributed by atoms with Gasteiger partial charge in [0, 0.05) is 6.04 Å². The minimum Gasteiger partial charge on any atom is -0.321 e. The molecule has 0 saturated heterocycles. The van der Waals surface area contributed by atoms with Crippen molar-refractivity contribution in [2.24, 2.45) is 0 Å². The molecule has 0 radical (unpaired) electrons. The molecule has 0 saturated carbocycles. The van der Waals surface area contributed by atoms with Gasteiger partial charge in [-0.1, -0.05) is 20.8 Å². The molecule has 4 heteroatoms. The maximum atomic E-state index is 8.54. The lowest BCUT2D eigenvalue weighted by atomic mass is 10.1. The van der Waals surface area contributed by atoms with Crippen LogP contribution in [0.5, 0.6) is 0 Å². The van der Waals surface area contributed by atoms with E-state index in [1.165, 1.54) is 0 Å². The van der Waals surface area contributed by atoms with E-state index in [9.17, 15) is 0 Å². The molecule has 0 aliphatic rings. The van der Waals surface area contributed by atoms with E-state index in [0.717, 1.165) is 25.9 Å². The number of nitriles is 1. The predicted molar refractivity (Wildman–Crippen MR) is 58.6 cm³/mol. The average molecular weight is 198 g/mol. The second kappa shape index (κ2) is 8.79. The minimum atomic E-state index is 0.267. The maximum Gasteiger partial charge on any atom is 0.176 e. The van der Waals surface area contributed by atoms with Gasteiger partial charge in [0.25, 0.3) is 0 Å². The number of nitrogens with one attached hydrogen (secondary N) is 3. The number of hydrogen-bond acceptors (Lipinski definition) is 4. The van der Waals surface area contributed by atoms with Crippen LogP contribution in [0.25, 0.3) is 0 Å². The van der Waals surface area contributed by atoms with Gasteiger partial charge in [-0.15, -0.1) is 0 Å². The van der Waals surface area contributed by atoms with Gasteiger partial charge in [-0.2, -0.15) is 5.26 Å². The monoisotopic (exact) mass is 198 g/mol. The Morgan fingerprint density at radius 2 is 1.71 bits per heavy atom. The van der Waals surface area contributed by atoms with Crippen LogP contribution in [-0.4, -0.2) is 25.3 Å². The molecule has 0 aliphatic carbocycles. The van der Waals surface area contributed by atoms with Gasteiger partial charge in [-0.25, -0.2) is 0 Å². The van der Waals surface area contributed by atoms with Crippen LogP contribution in [0.4, 0.5) is 0 Å². The summed E-state index contributed by atoms with van der Waals surface area (Å²) in [6.45, 7) is 8.15. The lowest BCUT2D eigenvalue weighted by Gasteiger charge is -2.23. The molecule has 1 atom stereocenters. The zero-order chi connectivity index (χ0) is 10.8. The van der Waals surface area contributed by atoms with Gasteiger partial charge in [0.2, 0.25) is 0 Å². The Bertz CT molecular complexity index is 158. The van der Waals surface area contributed by atoms with Crippen LogP contribution in [-0.2, 0) is 0 Å². The first-order chi connectivity index (χ1) is 6.78. The summed E-state index contributed by atoms with van der Waals surface area (Å²) in [6.07, 6.45) is 4.21. The summed E-state index contributed by atoms with van der Waals surface area (Å²) in [4.78, 5) is 0. The number of rotatable bonds is 8. The third kappa shape index (κ3) is 5.79. The summed E-state index contributed by atoms with van der Waals surface area (Å²) in [5.41, 5.74) is 0. The van der Waals surface area contributed by atoms with Crippen LogP contribution in [0.1, 0.15) is 33.6 Å². The lowest BCUT2D eigenvalue weighted by Crippen LogP contribution is -2.46. The van der Waals surface area contributed by atoms with Crippen molar-refractivity contribution in [3.63, 3.8) is 0 Å². The summed E-state index contributed by atoms with van der Waals surface area (Å²) in [5, 5.41) is 18.0. The normalized spacial score (nSPS) is 12.5. The topological polar surface area (TPSA) is 59.9 Å². The first kappa shape index (κ1) is 13.2. The molecule has 0 fully saturated rings. The summed E-state index contributed by atoms with van der Waals surface area (Å²) < 4.78 is 0. The van der Waals surface area contributed by atoms with Gasteiger partial charge in [-0.3, -0.25) is 0 Å². The number of nitrogens with zero attached hydrogens (tertiary/aromatic N) is 1. The highest BCUT2D eigenvalue weighted by molar-refractivity contribution is 4.79. The standard InChI is InChI=1S/C10H22N4/c1-4-9(14-8-11)7-10(12-5-2)13-6-3/h9-10,12-14H,4-7H2,1-3H3. The highest BCUT2D eigenvalue weighted by Gasteiger charge is 2.12. The van der Waals surface area contributed by atoms with Crippen LogP contribution in [0.3, 0.4) is 0 Å². The smallest absolute Gasteiger partial charge is 0.176 e. The molecule has 0 rings (SSSR count). The summed E-state index contributed by atoms with van der Waals surface area (Å²) >= 11 is 0. The molecule has 0 aromatic rings. The van der Waals surface area contributed by atoms with E-state index in [1.54, 1.807) is 0 Å². The molecule has 3 N–H and O–H groups in total. The minimum absolute atomic E-state index is 0.267. The molecule has 14 heavy (non-hydrogen) atoms. The molecule has 82 valence electrons. The van der Waals surface area contributed by atoms with Crippen molar-refractivity contribution in [3.05, 3.63) is 0 Å². The maximum absolute atomic E-state index is 8.54. The summed E-state index contributed by atoms with van der Waals surface area (Å²) in [6, 6.07) is 0.267. The van der Waals surface area contributed by atoms with Gasteiger partial charge in [0.05, 0.1) is 6.17 Å². The molecule has 0 amide bonds. The molecule has 0 bridgehead atoms. The van der Waals surface area contributed by atoms with Crippen molar-refractivity contribution in [1.29, 1.82) is 5.26 Å². The van der Waals surface area contributed by atoms with E-state index in [2.05, 4.69) is 36.7 Å².